The van der Waals surface area contributed by atoms with Crippen LogP contribution >= 0.6 is 15.9 Å². The maximum absolute atomic E-state index is 5.57. The average molecular weight is 337 g/mol. The predicted molar refractivity (Wildman–Crippen MR) is 83.1 cm³/mol. The van der Waals surface area contributed by atoms with Gasteiger partial charge < -0.3 is 14.8 Å². The highest BCUT2D eigenvalue weighted by Gasteiger charge is 1.98. The Balaban J connectivity index is 1.89. The van der Waals surface area contributed by atoms with Crippen molar-refractivity contribution < 1.29 is 9.47 Å². The number of pyridine rings is 1. The molecule has 0 aliphatic heterocycles. The van der Waals surface area contributed by atoms with Crippen molar-refractivity contribution >= 4 is 21.6 Å². The molecule has 2 aromatic rings. The zero-order valence-corrected chi connectivity index (χ0v) is 12.9. The van der Waals surface area contributed by atoms with E-state index in [-0.39, 0.29) is 0 Å². The van der Waals surface area contributed by atoms with E-state index in [2.05, 4.69) is 26.2 Å². The van der Waals surface area contributed by atoms with Crippen molar-refractivity contribution in [3.63, 3.8) is 0 Å². The van der Waals surface area contributed by atoms with Crippen LogP contribution in [0, 0.1) is 0 Å². The number of halogens is 1. The Bertz CT molecular complexity index is 532. The summed E-state index contributed by atoms with van der Waals surface area (Å²) < 4.78 is 11.5. The van der Waals surface area contributed by atoms with Crippen molar-refractivity contribution in [3.8, 4) is 5.75 Å². The van der Waals surface area contributed by atoms with Crippen molar-refractivity contribution in [3.05, 3.63) is 52.8 Å². The first-order chi connectivity index (χ1) is 9.78. The number of hydrogen-bond donors (Lipinski definition) is 1. The van der Waals surface area contributed by atoms with Crippen LogP contribution in [0.15, 0.2) is 47.1 Å². The average Bonchev–Trinajstić information content (AvgIpc) is 2.47. The molecule has 2 rings (SSSR count). The molecule has 4 nitrogen and oxygen atoms in total. The Kier molecular flexibility index (Phi) is 5.83. The Hall–Kier alpha value is -1.59. The van der Waals surface area contributed by atoms with Gasteiger partial charge >= 0.3 is 0 Å². The van der Waals surface area contributed by atoms with Crippen LogP contribution in [-0.4, -0.2) is 25.3 Å². The Morgan fingerprint density at radius 1 is 1.20 bits per heavy atom. The molecule has 0 saturated heterocycles. The molecule has 1 heterocycles. The number of hydrogen-bond acceptors (Lipinski definition) is 4. The molecule has 1 aromatic heterocycles. The Morgan fingerprint density at radius 3 is 2.85 bits per heavy atom. The normalized spacial score (nSPS) is 10.3. The number of methoxy groups -OCH3 is 1. The van der Waals surface area contributed by atoms with Crippen LogP contribution < -0.4 is 10.1 Å². The van der Waals surface area contributed by atoms with Gasteiger partial charge in [0.15, 0.2) is 0 Å². The third-order valence-electron chi connectivity index (χ3n) is 2.65. The zero-order valence-electron chi connectivity index (χ0n) is 11.3. The van der Waals surface area contributed by atoms with Gasteiger partial charge in [-0.15, -0.1) is 0 Å². The maximum Gasteiger partial charge on any atom is 0.121 e. The summed E-state index contributed by atoms with van der Waals surface area (Å²) in [5.41, 5.74) is 1.99. The molecule has 1 aromatic carbocycles. The lowest BCUT2D eigenvalue weighted by Crippen LogP contribution is -2.05. The van der Waals surface area contributed by atoms with Crippen LogP contribution in [0.1, 0.15) is 5.69 Å². The first-order valence-electron chi connectivity index (χ1n) is 6.34. The van der Waals surface area contributed by atoms with E-state index in [0.29, 0.717) is 19.8 Å². The summed E-state index contributed by atoms with van der Waals surface area (Å²) in [5.74, 6) is 0.829. The molecule has 0 aliphatic carbocycles. The van der Waals surface area contributed by atoms with E-state index >= 15 is 0 Å². The number of rotatable bonds is 7. The van der Waals surface area contributed by atoms with Crippen molar-refractivity contribution in [2.45, 2.75) is 6.54 Å². The fourth-order valence-corrected chi connectivity index (χ4v) is 1.88. The first-order valence-corrected chi connectivity index (χ1v) is 7.13. The second kappa shape index (κ2) is 7.87. The molecule has 0 atom stereocenters. The van der Waals surface area contributed by atoms with Gasteiger partial charge in [-0.05, 0) is 40.2 Å². The van der Waals surface area contributed by atoms with Crippen LogP contribution in [0.25, 0.3) is 0 Å². The first kappa shape index (κ1) is 14.8. The predicted octanol–water partition coefficient (Wildman–Crippen LogP) is 3.48. The van der Waals surface area contributed by atoms with Gasteiger partial charge in [0.1, 0.15) is 12.4 Å². The smallest absolute Gasteiger partial charge is 0.121 e. The van der Waals surface area contributed by atoms with E-state index in [0.717, 1.165) is 21.6 Å². The van der Waals surface area contributed by atoms with E-state index in [1.807, 2.05) is 36.4 Å². The Labute approximate surface area is 127 Å². The molecule has 0 amide bonds. The minimum atomic E-state index is 0.550. The van der Waals surface area contributed by atoms with Gasteiger partial charge in [0.25, 0.3) is 0 Å². The second-order valence-electron chi connectivity index (χ2n) is 4.19. The highest BCUT2D eigenvalue weighted by Crippen LogP contribution is 2.18. The SMILES string of the molecule is COCCOc1cccc(NCc2ccc(Br)cn2)c1. The van der Waals surface area contributed by atoms with Gasteiger partial charge in [-0.3, -0.25) is 4.98 Å². The maximum atomic E-state index is 5.57. The number of anilines is 1. The highest BCUT2D eigenvalue weighted by molar-refractivity contribution is 9.10. The molecular weight excluding hydrogens is 320 g/mol. The molecule has 0 unspecified atom stereocenters. The zero-order chi connectivity index (χ0) is 14.2. The lowest BCUT2D eigenvalue weighted by atomic mass is 10.3. The monoisotopic (exact) mass is 336 g/mol. The second-order valence-corrected chi connectivity index (χ2v) is 5.11. The van der Waals surface area contributed by atoms with Gasteiger partial charge in [0.05, 0.1) is 18.8 Å². The van der Waals surface area contributed by atoms with Gasteiger partial charge in [0, 0.05) is 29.5 Å². The summed E-state index contributed by atoms with van der Waals surface area (Å²) in [7, 11) is 1.66. The van der Waals surface area contributed by atoms with Crippen LogP contribution in [0.2, 0.25) is 0 Å². The number of nitrogens with zero attached hydrogens (tertiary/aromatic N) is 1. The fourth-order valence-electron chi connectivity index (χ4n) is 1.64. The van der Waals surface area contributed by atoms with Crippen LogP contribution in [0.4, 0.5) is 5.69 Å². The minimum Gasteiger partial charge on any atom is -0.491 e. The van der Waals surface area contributed by atoms with Gasteiger partial charge in [-0.25, -0.2) is 0 Å². The summed E-state index contributed by atoms with van der Waals surface area (Å²) in [6.45, 7) is 1.81. The lowest BCUT2D eigenvalue weighted by molar-refractivity contribution is 0.146. The van der Waals surface area contributed by atoms with Crippen LogP contribution in [0.5, 0.6) is 5.75 Å². The Morgan fingerprint density at radius 2 is 2.10 bits per heavy atom. The summed E-state index contributed by atoms with van der Waals surface area (Å²) in [5, 5.41) is 3.32. The quantitative estimate of drug-likeness (QED) is 0.786. The summed E-state index contributed by atoms with van der Waals surface area (Å²) in [6.07, 6.45) is 1.79. The van der Waals surface area contributed by atoms with Crippen LogP contribution in [0.3, 0.4) is 0 Å². The summed E-state index contributed by atoms with van der Waals surface area (Å²) >= 11 is 3.37. The molecular formula is C15H17BrN2O2. The van der Waals surface area contributed by atoms with E-state index < -0.39 is 0 Å². The van der Waals surface area contributed by atoms with Crippen molar-refractivity contribution in [2.24, 2.45) is 0 Å². The number of ether oxygens (including phenoxy) is 2. The number of aromatic nitrogens is 1. The minimum absolute atomic E-state index is 0.550. The number of benzene rings is 1. The summed E-state index contributed by atoms with van der Waals surface area (Å²) in [6, 6.07) is 11.8. The van der Waals surface area contributed by atoms with E-state index in [9.17, 15) is 0 Å². The van der Waals surface area contributed by atoms with E-state index in [1.165, 1.54) is 0 Å². The third-order valence-corrected chi connectivity index (χ3v) is 3.12. The van der Waals surface area contributed by atoms with Crippen molar-refractivity contribution in [2.75, 3.05) is 25.6 Å². The van der Waals surface area contributed by atoms with Gasteiger partial charge in [-0.1, -0.05) is 6.07 Å². The molecule has 1 N–H and O–H groups in total. The standard InChI is InChI=1S/C15H17BrN2O2/c1-19-7-8-20-15-4-2-3-13(9-15)18-11-14-6-5-12(16)10-17-14/h2-6,9-10,18H,7-8,11H2,1H3. The summed E-state index contributed by atoms with van der Waals surface area (Å²) in [4.78, 5) is 4.32. The lowest BCUT2D eigenvalue weighted by Gasteiger charge is -2.09. The van der Waals surface area contributed by atoms with E-state index in [1.54, 1.807) is 13.3 Å². The fraction of sp³-hybridized carbons (Fsp3) is 0.267. The van der Waals surface area contributed by atoms with Crippen molar-refractivity contribution in [1.82, 2.24) is 4.98 Å². The topological polar surface area (TPSA) is 43.4 Å². The third kappa shape index (κ3) is 4.83. The molecule has 20 heavy (non-hydrogen) atoms. The molecule has 0 bridgehead atoms. The highest BCUT2D eigenvalue weighted by atomic mass is 79.9. The molecule has 0 spiro atoms. The number of nitrogens with one attached hydrogen (secondary N) is 1. The molecule has 0 aliphatic rings. The van der Waals surface area contributed by atoms with Gasteiger partial charge in [0.2, 0.25) is 0 Å². The van der Waals surface area contributed by atoms with E-state index in [4.69, 9.17) is 9.47 Å². The largest absolute Gasteiger partial charge is 0.491 e. The molecule has 106 valence electrons. The molecule has 0 radical (unpaired) electrons. The molecule has 0 fully saturated rings. The molecule has 0 saturated carbocycles. The van der Waals surface area contributed by atoms with Crippen LogP contribution in [-0.2, 0) is 11.3 Å². The molecule has 5 heteroatoms. The van der Waals surface area contributed by atoms with Crippen molar-refractivity contribution in [1.29, 1.82) is 0 Å². The van der Waals surface area contributed by atoms with Gasteiger partial charge in [-0.2, -0.15) is 0 Å².